The van der Waals surface area contributed by atoms with Gasteiger partial charge in [0.1, 0.15) is 6.61 Å². The molecule has 0 saturated carbocycles. The Balaban J connectivity index is 2.11. The first-order valence-electron chi connectivity index (χ1n) is 9.79. The molecule has 11 heteroatoms. The fourth-order valence-corrected chi connectivity index (χ4v) is 3.86. The van der Waals surface area contributed by atoms with Crippen molar-refractivity contribution in [1.82, 2.24) is 23.7 Å². The van der Waals surface area contributed by atoms with Gasteiger partial charge in [-0.3, -0.25) is 9.36 Å². The zero-order valence-electron chi connectivity index (χ0n) is 18.0. The second-order valence-electron chi connectivity index (χ2n) is 7.23. The predicted octanol–water partition coefficient (Wildman–Crippen LogP) is 2.37. The number of aryl methyl sites for hydroxylation is 2. The molecule has 31 heavy (non-hydrogen) atoms. The predicted molar refractivity (Wildman–Crippen MR) is 113 cm³/mol. The van der Waals surface area contributed by atoms with Gasteiger partial charge in [0.05, 0.1) is 17.4 Å². The van der Waals surface area contributed by atoms with Crippen LogP contribution >= 0.6 is 11.5 Å². The number of aromatic nitrogens is 5. The quantitative estimate of drug-likeness (QED) is 0.526. The van der Waals surface area contributed by atoms with Gasteiger partial charge in [-0.1, -0.05) is 0 Å². The summed E-state index contributed by atoms with van der Waals surface area (Å²) in [5, 5.41) is 13.4. The highest BCUT2D eigenvalue weighted by Crippen LogP contribution is 2.26. The van der Waals surface area contributed by atoms with Gasteiger partial charge in [-0.15, -0.1) is 5.10 Å². The molecule has 1 N–H and O–H groups in total. The van der Waals surface area contributed by atoms with Gasteiger partial charge < -0.3 is 9.84 Å². The molecule has 0 radical (unpaired) electrons. The van der Waals surface area contributed by atoms with E-state index >= 15 is 4.39 Å². The van der Waals surface area contributed by atoms with Gasteiger partial charge in [0.15, 0.2) is 23.2 Å². The number of rotatable bonds is 8. The molecular weight excluding hydrogens is 425 g/mol. The number of ether oxygens (including phenoxy) is 1. The lowest BCUT2D eigenvalue weighted by molar-refractivity contribution is 0.0985. The average molecular weight is 450 g/mol. The maximum absolute atomic E-state index is 15.0. The number of nitrogens with zero attached hydrogens (tertiary/aromatic N) is 5. The summed E-state index contributed by atoms with van der Waals surface area (Å²) >= 11 is 1.30. The average Bonchev–Trinajstić information content (AvgIpc) is 3.21. The van der Waals surface area contributed by atoms with E-state index in [9.17, 15) is 14.7 Å². The summed E-state index contributed by atoms with van der Waals surface area (Å²) in [6.07, 6.45) is -0.316. The second-order valence-corrected chi connectivity index (χ2v) is 8.21. The van der Waals surface area contributed by atoms with Gasteiger partial charge in [0.25, 0.3) is 0 Å². The fraction of sp³-hybridized carbons (Fsp3) is 0.450. The molecule has 0 unspecified atom stereocenters. The molecule has 0 aliphatic heterocycles. The molecule has 0 spiro atoms. The number of halogens is 1. The Morgan fingerprint density at radius 1 is 1.35 bits per heavy atom. The van der Waals surface area contributed by atoms with Crippen LogP contribution in [-0.2, 0) is 19.6 Å². The summed E-state index contributed by atoms with van der Waals surface area (Å²) in [7, 11) is 0. The Labute approximate surface area is 182 Å². The van der Waals surface area contributed by atoms with E-state index in [0.717, 1.165) is 26.9 Å². The number of carbonyl (C=O) groups is 1. The number of ketones is 1. The smallest absolute Gasteiger partial charge is 0.352 e. The van der Waals surface area contributed by atoms with Gasteiger partial charge in [-0.05, 0) is 57.8 Å². The molecule has 0 saturated heterocycles. The first-order valence-corrected chi connectivity index (χ1v) is 10.6. The highest BCUT2D eigenvalue weighted by Gasteiger charge is 2.25. The van der Waals surface area contributed by atoms with Crippen molar-refractivity contribution in [2.45, 2.75) is 60.3 Å². The summed E-state index contributed by atoms with van der Waals surface area (Å²) in [6, 6.07) is 1.02. The number of hydrogen-bond acceptors (Lipinski definition) is 8. The normalized spacial score (nSPS) is 11.4. The fourth-order valence-electron chi connectivity index (χ4n) is 3.14. The van der Waals surface area contributed by atoms with Crippen molar-refractivity contribution in [3.63, 3.8) is 0 Å². The van der Waals surface area contributed by atoms with Crippen LogP contribution in [0.25, 0.3) is 5.82 Å². The third-order valence-corrected chi connectivity index (χ3v) is 5.57. The molecule has 0 atom stereocenters. The van der Waals surface area contributed by atoms with Gasteiger partial charge >= 0.3 is 5.69 Å². The van der Waals surface area contributed by atoms with Crippen LogP contribution in [0.2, 0.25) is 0 Å². The molecule has 3 aromatic rings. The molecule has 0 aromatic carbocycles. The number of aliphatic hydroxyl groups excluding tert-OH is 1. The van der Waals surface area contributed by atoms with Gasteiger partial charge in [0, 0.05) is 17.8 Å². The van der Waals surface area contributed by atoms with Crippen LogP contribution in [0.1, 0.15) is 53.1 Å². The number of Topliss-reactive ketones (excluding diaryl/α,β-unsaturated/α-hetero) is 1. The number of aliphatic hydroxyl groups is 1. The third-order valence-electron chi connectivity index (χ3n) is 4.69. The van der Waals surface area contributed by atoms with E-state index in [0.29, 0.717) is 0 Å². The molecule has 0 aliphatic carbocycles. The van der Waals surface area contributed by atoms with Gasteiger partial charge in [-0.25, -0.2) is 9.18 Å². The van der Waals surface area contributed by atoms with Crippen LogP contribution in [0.5, 0.6) is 5.88 Å². The van der Waals surface area contributed by atoms with Crippen LogP contribution in [-0.4, -0.2) is 40.7 Å². The van der Waals surface area contributed by atoms with E-state index in [-0.39, 0.29) is 42.1 Å². The van der Waals surface area contributed by atoms with E-state index in [2.05, 4.69) is 14.5 Å². The monoisotopic (exact) mass is 449 g/mol. The van der Waals surface area contributed by atoms with Crippen LogP contribution in [0, 0.1) is 19.7 Å². The molecule has 3 heterocycles. The molecule has 3 rings (SSSR count). The van der Waals surface area contributed by atoms with Crippen molar-refractivity contribution in [1.29, 1.82) is 0 Å². The van der Waals surface area contributed by atoms with Crippen LogP contribution < -0.4 is 10.4 Å². The molecule has 0 aliphatic rings. The standard InChI is InChI=1S/C20H24FN5O4S/c1-6-25-17(9-27)23-26(20(25)29)18-15(21)7-14(19(22-18)30-10(2)3)16(28)8-13-11(4)24-31-12(13)5/h7,10,27H,6,8-9H2,1-5H3. The lowest BCUT2D eigenvalue weighted by Crippen LogP contribution is -2.26. The van der Waals surface area contributed by atoms with Crippen LogP contribution in [0.4, 0.5) is 4.39 Å². The van der Waals surface area contributed by atoms with Crippen molar-refractivity contribution in [2.24, 2.45) is 0 Å². The molecule has 3 aromatic heterocycles. The lowest BCUT2D eigenvalue weighted by atomic mass is 10.0. The molecule has 0 amide bonds. The van der Waals surface area contributed by atoms with Gasteiger partial charge in [-0.2, -0.15) is 14.0 Å². The van der Waals surface area contributed by atoms with Crippen molar-refractivity contribution in [3.05, 3.63) is 49.9 Å². The van der Waals surface area contributed by atoms with Crippen molar-refractivity contribution < 1.29 is 19.0 Å². The minimum absolute atomic E-state index is 0.0229. The van der Waals surface area contributed by atoms with Crippen molar-refractivity contribution in [2.75, 3.05) is 0 Å². The maximum atomic E-state index is 15.0. The highest BCUT2D eigenvalue weighted by atomic mass is 32.1. The molecule has 9 nitrogen and oxygen atoms in total. The Morgan fingerprint density at radius 3 is 2.58 bits per heavy atom. The minimum Gasteiger partial charge on any atom is -0.474 e. The van der Waals surface area contributed by atoms with Crippen molar-refractivity contribution in [3.8, 4) is 11.7 Å². The SMILES string of the molecule is CCn1c(CO)nn(-c2nc(OC(C)C)c(C(=O)Cc3c(C)nsc3C)cc2F)c1=O. The van der Waals surface area contributed by atoms with Crippen LogP contribution in [0.15, 0.2) is 10.9 Å². The molecule has 0 fully saturated rings. The zero-order valence-corrected chi connectivity index (χ0v) is 18.8. The number of pyridine rings is 1. The Kier molecular flexibility index (Phi) is 6.65. The van der Waals surface area contributed by atoms with E-state index in [1.807, 2.05) is 13.8 Å². The first kappa shape index (κ1) is 22.8. The topological polar surface area (TPSA) is 112 Å². The van der Waals surface area contributed by atoms with Crippen molar-refractivity contribution >= 4 is 17.3 Å². The van der Waals surface area contributed by atoms with Crippen LogP contribution in [0.3, 0.4) is 0 Å². The minimum atomic E-state index is -0.899. The summed E-state index contributed by atoms with van der Waals surface area (Å²) in [5.41, 5.74) is 0.870. The maximum Gasteiger partial charge on any atom is 0.352 e. The highest BCUT2D eigenvalue weighted by molar-refractivity contribution is 7.05. The number of hydrogen-bond donors (Lipinski definition) is 1. The molecule has 0 bridgehead atoms. The summed E-state index contributed by atoms with van der Waals surface area (Å²) in [4.78, 5) is 30.7. The summed E-state index contributed by atoms with van der Waals surface area (Å²) in [6.45, 7) is 8.64. The second kappa shape index (κ2) is 9.06. The first-order chi connectivity index (χ1) is 14.7. The number of carbonyl (C=O) groups excluding carboxylic acids is 1. The van der Waals surface area contributed by atoms with E-state index in [1.165, 1.54) is 16.1 Å². The van der Waals surface area contributed by atoms with E-state index in [4.69, 9.17) is 4.74 Å². The molecule has 166 valence electrons. The zero-order chi connectivity index (χ0) is 22.9. The summed E-state index contributed by atoms with van der Waals surface area (Å²) < 4.78 is 26.9. The van der Waals surface area contributed by atoms with Gasteiger partial charge in [0.2, 0.25) is 5.88 Å². The third kappa shape index (κ3) is 4.42. The Hall–Kier alpha value is -2.92. The Bertz CT molecular complexity index is 1160. The van der Waals surface area contributed by atoms with E-state index in [1.54, 1.807) is 20.8 Å². The van der Waals surface area contributed by atoms with E-state index < -0.39 is 23.9 Å². The summed E-state index contributed by atoms with van der Waals surface area (Å²) in [5.74, 6) is -1.68. The largest absolute Gasteiger partial charge is 0.474 e. The molecular formula is C20H24FN5O4S. The lowest BCUT2D eigenvalue weighted by Gasteiger charge is -2.14. The Morgan fingerprint density at radius 2 is 2.06 bits per heavy atom.